The standard InChI is InChI=1S/C29H34BrN5O2/c1-22-17-23(2)26(27(18-22)37-28(36)29(3,4)30)21-35(15-13-31-19-24-9-5-7-11-33-24)16-14-32-20-25-10-6-8-12-34-25/h5-12,17-20H,13-16,21H2,1-4H3. The molecular weight excluding hydrogens is 530 g/mol. The van der Waals surface area contributed by atoms with Crippen LogP contribution in [0, 0.1) is 13.8 Å². The molecule has 0 aliphatic heterocycles. The van der Waals surface area contributed by atoms with E-state index in [1.165, 1.54) is 0 Å². The van der Waals surface area contributed by atoms with Gasteiger partial charge in [0.05, 0.1) is 24.5 Å². The Balaban J connectivity index is 1.75. The van der Waals surface area contributed by atoms with Crippen LogP contribution in [-0.4, -0.2) is 63.8 Å². The van der Waals surface area contributed by atoms with Crippen LogP contribution in [0.4, 0.5) is 0 Å². The highest BCUT2D eigenvalue weighted by Gasteiger charge is 2.27. The van der Waals surface area contributed by atoms with Gasteiger partial charge in [-0.2, -0.15) is 0 Å². The summed E-state index contributed by atoms with van der Waals surface area (Å²) in [7, 11) is 0. The van der Waals surface area contributed by atoms with Crippen LogP contribution in [0.2, 0.25) is 0 Å². The summed E-state index contributed by atoms with van der Waals surface area (Å²) in [6.45, 7) is 10.9. The molecule has 2 heterocycles. The van der Waals surface area contributed by atoms with Gasteiger partial charge in [0.1, 0.15) is 10.1 Å². The first-order chi connectivity index (χ1) is 17.7. The molecule has 0 bridgehead atoms. The summed E-state index contributed by atoms with van der Waals surface area (Å²) in [5, 5.41) is 0. The van der Waals surface area contributed by atoms with Gasteiger partial charge in [0.15, 0.2) is 0 Å². The lowest BCUT2D eigenvalue weighted by Gasteiger charge is -2.24. The van der Waals surface area contributed by atoms with E-state index in [0.717, 1.165) is 28.1 Å². The zero-order chi connectivity index (χ0) is 26.7. The Hall–Kier alpha value is -3.23. The molecule has 0 atom stereocenters. The van der Waals surface area contributed by atoms with Crippen LogP contribution < -0.4 is 4.74 Å². The quantitative estimate of drug-likeness (QED) is 0.131. The van der Waals surface area contributed by atoms with Gasteiger partial charge in [0.2, 0.25) is 0 Å². The van der Waals surface area contributed by atoms with Crippen molar-refractivity contribution in [3.63, 3.8) is 0 Å². The van der Waals surface area contributed by atoms with E-state index in [1.54, 1.807) is 38.7 Å². The number of benzene rings is 1. The zero-order valence-corrected chi connectivity index (χ0v) is 23.5. The Morgan fingerprint density at radius 3 is 2.03 bits per heavy atom. The molecule has 0 aliphatic rings. The third kappa shape index (κ3) is 9.63. The topological polar surface area (TPSA) is 80.0 Å². The van der Waals surface area contributed by atoms with Crippen molar-refractivity contribution in [2.24, 2.45) is 9.98 Å². The molecule has 0 aliphatic carbocycles. The molecule has 0 unspecified atom stereocenters. The molecule has 3 rings (SSSR count). The number of alkyl halides is 1. The van der Waals surface area contributed by atoms with Gasteiger partial charge in [0, 0.05) is 50.0 Å². The molecular formula is C29H34BrN5O2. The Morgan fingerprint density at radius 1 is 0.973 bits per heavy atom. The molecule has 0 saturated heterocycles. The number of hydrogen-bond acceptors (Lipinski definition) is 7. The van der Waals surface area contributed by atoms with E-state index >= 15 is 0 Å². The maximum Gasteiger partial charge on any atom is 0.327 e. The van der Waals surface area contributed by atoms with E-state index in [0.29, 0.717) is 38.5 Å². The summed E-state index contributed by atoms with van der Waals surface area (Å²) in [5.41, 5.74) is 4.76. The SMILES string of the molecule is Cc1cc(C)c(CN(CCN=Cc2ccccn2)CCN=Cc2ccccn2)c(OC(=O)C(C)(C)Br)c1. The number of aromatic nitrogens is 2. The molecule has 0 amide bonds. The van der Waals surface area contributed by atoms with Gasteiger partial charge < -0.3 is 4.74 Å². The first-order valence-corrected chi connectivity index (χ1v) is 13.1. The summed E-state index contributed by atoms with van der Waals surface area (Å²) in [4.78, 5) is 32.7. The molecule has 194 valence electrons. The van der Waals surface area contributed by atoms with Gasteiger partial charge in [-0.05, 0) is 69.2 Å². The molecule has 2 aromatic heterocycles. The van der Waals surface area contributed by atoms with Gasteiger partial charge >= 0.3 is 5.97 Å². The molecule has 3 aromatic rings. The number of carbonyl (C=O) groups is 1. The lowest BCUT2D eigenvalue weighted by Crippen LogP contribution is -2.31. The minimum Gasteiger partial charge on any atom is -0.425 e. The summed E-state index contributed by atoms with van der Waals surface area (Å²) < 4.78 is 5.08. The molecule has 0 spiro atoms. The van der Waals surface area contributed by atoms with Crippen LogP contribution in [0.5, 0.6) is 5.75 Å². The van der Waals surface area contributed by atoms with Crippen LogP contribution in [0.15, 0.2) is 70.9 Å². The zero-order valence-electron chi connectivity index (χ0n) is 21.9. The minimum absolute atomic E-state index is 0.328. The van der Waals surface area contributed by atoms with Gasteiger partial charge in [0.25, 0.3) is 0 Å². The molecule has 0 N–H and O–H groups in total. The van der Waals surface area contributed by atoms with Gasteiger partial charge in [-0.25, -0.2) is 0 Å². The lowest BCUT2D eigenvalue weighted by molar-refractivity contribution is -0.136. The van der Waals surface area contributed by atoms with E-state index in [1.807, 2.05) is 49.4 Å². The number of halogens is 1. The van der Waals surface area contributed by atoms with Gasteiger partial charge in [-0.1, -0.05) is 34.1 Å². The molecule has 0 fully saturated rings. The first kappa shape index (κ1) is 28.3. The fourth-order valence-electron chi connectivity index (χ4n) is 3.59. The third-order valence-electron chi connectivity index (χ3n) is 5.56. The van der Waals surface area contributed by atoms with Crippen LogP contribution in [0.3, 0.4) is 0 Å². The monoisotopic (exact) mass is 563 g/mol. The van der Waals surface area contributed by atoms with E-state index < -0.39 is 4.32 Å². The van der Waals surface area contributed by atoms with Crippen molar-refractivity contribution in [1.29, 1.82) is 0 Å². The fraction of sp³-hybridized carbons (Fsp3) is 0.345. The highest BCUT2D eigenvalue weighted by atomic mass is 79.9. The number of esters is 1. The van der Waals surface area contributed by atoms with E-state index in [4.69, 9.17) is 4.74 Å². The average Bonchev–Trinajstić information content (AvgIpc) is 2.86. The molecule has 1 aromatic carbocycles. The summed E-state index contributed by atoms with van der Waals surface area (Å²) in [6, 6.07) is 15.5. The van der Waals surface area contributed by atoms with Crippen molar-refractivity contribution >= 4 is 34.3 Å². The van der Waals surface area contributed by atoms with Crippen LogP contribution in [0.1, 0.15) is 41.9 Å². The van der Waals surface area contributed by atoms with Gasteiger partial charge in [-0.3, -0.25) is 29.6 Å². The van der Waals surface area contributed by atoms with E-state index in [9.17, 15) is 4.79 Å². The van der Waals surface area contributed by atoms with E-state index in [-0.39, 0.29) is 5.97 Å². The number of pyridine rings is 2. The van der Waals surface area contributed by atoms with Crippen LogP contribution in [-0.2, 0) is 11.3 Å². The maximum atomic E-state index is 12.7. The number of nitrogens with zero attached hydrogens (tertiary/aromatic N) is 5. The van der Waals surface area contributed by atoms with Crippen molar-refractivity contribution in [2.75, 3.05) is 26.2 Å². The Kier molecular flexibility index (Phi) is 10.7. The summed E-state index contributed by atoms with van der Waals surface area (Å²) in [6.07, 6.45) is 7.09. The van der Waals surface area contributed by atoms with Crippen molar-refractivity contribution in [3.05, 3.63) is 89.0 Å². The Labute approximate surface area is 227 Å². The molecule has 7 nitrogen and oxygen atoms in total. The Bertz CT molecular complexity index is 1150. The fourth-order valence-corrected chi connectivity index (χ4v) is 3.67. The van der Waals surface area contributed by atoms with Crippen molar-refractivity contribution in [2.45, 2.75) is 38.6 Å². The van der Waals surface area contributed by atoms with Crippen LogP contribution >= 0.6 is 15.9 Å². The second kappa shape index (κ2) is 13.9. The van der Waals surface area contributed by atoms with Crippen molar-refractivity contribution < 1.29 is 9.53 Å². The largest absolute Gasteiger partial charge is 0.425 e. The number of aryl methyl sites for hydroxylation is 2. The van der Waals surface area contributed by atoms with Gasteiger partial charge in [-0.15, -0.1) is 0 Å². The third-order valence-corrected chi connectivity index (χ3v) is 5.88. The second-order valence-corrected chi connectivity index (χ2v) is 11.3. The number of ether oxygens (including phenoxy) is 1. The molecule has 0 radical (unpaired) electrons. The average molecular weight is 565 g/mol. The molecule has 8 heteroatoms. The predicted molar refractivity (Wildman–Crippen MR) is 153 cm³/mol. The second-order valence-electron chi connectivity index (χ2n) is 9.28. The summed E-state index contributed by atoms with van der Waals surface area (Å²) >= 11 is 3.41. The summed E-state index contributed by atoms with van der Waals surface area (Å²) in [5.74, 6) is 0.263. The number of aliphatic imine (C=N–C) groups is 2. The van der Waals surface area contributed by atoms with Crippen molar-refractivity contribution in [1.82, 2.24) is 14.9 Å². The number of carbonyl (C=O) groups excluding carboxylic acids is 1. The molecule has 37 heavy (non-hydrogen) atoms. The maximum absolute atomic E-state index is 12.7. The van der Waals surface area contributed by atoms with Crippen molar-refractivity contribution in [3.8, 4) is 5.75 Å². The highest BCUT2D eigenvalue weighted by molar-refractivity contribution is 9.10. The Morgan fingerprint density at radius 2 is 1.54 bits per heavy atom. The van der Waals surface area contributed by atoms with E-state index in [2.05, 4.69) is 53.8 Å². The minimum atomic E-state index is -0.776. The van der Waals surface area contributed by atoms with Crippen LogP contribution in [0.25, 0.3) is 0 Å². The predicted octanol–water partition coefficient (Wildman–Crippen LogP) is 5.21. The first-order valence-electron chi connectivity index (χ1n) is 12.3. The normalized spacial score (nSPS) is 12.1. The smallest absolute Gasteiger partial charge is 0.327 e. The molecule has 0 saturated carbocycles. The number of hydrogen-bond donors (Lipinski definition) is 0. The lowest BCUT2D eigenvalue weighted by atomic mass is 10.0. The number of rotatable bonds is 12. The highest BCUT2D eigenvalue weighted by Crippen LogP contribution is 2.28.